The molecule has 1 unspecified atom stereocenters. The maximum Gasteiger partial charge on any atom is 0.249 e. The fourth-order valence-corrected chi connectivity index (χ4v) is 4.01. The largest absolute Gasteiger partial charge is 0.497 e. The Hall–Kier alpha value is -2.41. The molecule has 0 radical (unpaired) electrons. The highest BCUT2D eigenvalue weighted by Gasteiger charge is 2.34. The lowest BCUT2D eigenvalue weighted by Gasteiger charge is -2.22. The molecule has 1 aromatic carbocycles. The van der Waals surface area contributed by atoms with E-state index in [1.807, 2.05) is 29.2 Å². The van der Waals surface area contributed by atoms with Gasteiger partial charge in [-0.25, -0.2) is 0 Å². The van der Waals surface area contributed by atoms with Crippen molar-refractivity contribution in [2.75, 3.05) is 26.9 Å². The molecule has 7 heteroatoms. The molecule has 2 fully saturated rings. The van der Waals surface area contributed by atoms with Crippen LogP contribution in [0.25, 0.3) is 0 Å². The zero-order valence-electron chi connectivity index (χ0n) is 16.3. The second kappa shape index (κ2) is 8.73. The van der Waals surface area contributed by atoms with Gasteiger partial charge in [-0.1, -0.05) is 17.3 Å². The van der Waals surface area contributed by atoms with E-state index in [0.717, 1.165) is 62.6 Å². The van der Waals surface area contributed by atoms with Crippen LogP contribution in [0.4, 0.5) is 0 Å². The van der Waals surface area contributed by atoms with E-state index in [4.69, 9.17) is 14.0 Å². The molecule has 0 aliphatic carbocycles. The number of aryl methyl sites for hydroxylation is 1. The summed E-state index contributed by atoms with van der Waals surface area (Å²) >= 11 is 0. The van der Waals surface area contributed by atoms with Crippen LogP contribution in [-0.4, -0.2) is 47.8 Å². The molecule has 2 aliphatic rings. The average molecular weight is 385 g/mol. The van der Waals surface area contributed by atoms with Gasteiger partial charge in [-0.3, -0.25) is 4.79 Å². The summed E-state index contributed by atoms with van der Waals surface area (Å²) in [5, 5.41) is 4.20. The van der Waals surface area contributed by atoms with Gasteiger partial charge < -0.3 is 18.9 Å². The lowest BCUT2D eigenvalue weighted by atomic mass is 10.00. The molecule has 0 N–H and O–H groups in total. The standard InChI is InChI=1S/C21H27N3O4/c1-26-17-7-4-15(5-8-17)6-9-19(25)24-12-2-3-18(24)21-22-20(23-28-21)16-10-13-27-14-11-16/h4-5,7-8,16,18H,2-3,6,9-14H2,1H3. The highest BCUT2D eigenvalue weighted by Crippen LogP contribution is 2.33. The van der Waals surface area contributed by atoms with Crippen molar-refractivity contribution in [2.24, 2.45) is 0 Å². The molecule has 7 nitrogen and oxygen atoms in total. The van der Waals surface area contributed by atoms with Gasteiger partial charge in [-0.2, -0.15) is 4.98 Å². The molecule has 1 amide bonds. The van der Waals surface area contributed by atoms with E-state index in [1.54, 1.807) is 7.11 Å². The minimum Gasteiger partial charge on any atom is -0.497 e. The number of likely N-dealkylation sites (tertiary alicyclic amines) is 1. The summed E-state index contributed by atoms with van der Waals surface area (Å²) in [6.07, 6.45) is 4.88. The van der Waals surface area contributed by atoms with Gasteiger partial charge in [0.15, 0.2) is 5.82 Å². The van der Waals surface area contributed by atoms with Gasteiger partial charge in [0, 0.05) is 32.1 Å². The summed E-state index contributed by atoms with van der Waals surface area (Å²) in [7, 11) is 1.65. The molecule has 0 spiro atoms. The molecular formula is C21H27N3O4. The second-order valence-corrected chi connectivity index (χ2v) is 7.47. The highest BCUT2D eigenvalue weighted by molar-refractivity contribution is 5.77. The normalized spacial score (nSPS) is 20.5. The van der Waals surface area contributed by atoms with E-state index in [1.165, 1.54) is 0 Å². The first-order valence-corrected chi connectivity index (χ1v) is 10.1. The summed E-state index contributed by atoms with van der Waals surface area (Å²) in [5.41, 5.74) is 1.13. The van der Waals surface area contributed by atoms with Gasteiger partial charge in [0.25, 0.3) is 0 Å². The smallest absolute Gasteiger partial charge is 0.249 e. The molecule has 2 aliphatic heterocycles. The number of aromatic nitrogens is 2. The van der Waals surface area contributed by atoms with E-state index in [-0.39, 0.29) is 11.9 Å². The van der Waals surface area contributed by atoms with Crippen molar-refractivity contribution < 1.29 is 18.8 Å². The van der Waals surface area contributed by atoms with Gasteiger partial charge >= 0.3 is 0 Å². The molecule has 3 heterocycles. The molecule has 1 aromatic heterocycles. The Morgan fingerprint density at radius 2 is 2.00 bits per heavy atom. The minimum atomic E-state index is -0.0931. The average Bonchev–Trinajstić information content (AvgIpc) is 3.42. The first-order valence-electron chi connectivity index (χ1n) is 10.1. The maximum atomic E-state index is 12.8. The Labute approximate surface area is 165 Å². The van der Waals surface area contributed by atoms with E-state index >= 15 is 0 Å². The predicted molar refractivity (Wildman–Crippen MR) is 102 cm³/mol. The minimum absolute atomic E-state index is 0.0931. The Balaban J connectivity index is 1.37. The first kappa shape index (κ1) is 18.9. The topological polar surface area (TPSA) is 77.7 Å². The number of rotatable bonds is 6. The molecule has 4 rings (SSSR count). The zero-order chi connectivity index (χ0) is 19.3. The Morgan fingerprint density at radius 3 is 2.75 bits per heavy atom. The van der Waals surface area contributed by atoms with Crippen molar-refractivity contribution in [1.29, 1.82) is 0 Å². The van der Waals surface area contributed by atoms with Crippen molar-refractivity contribution in [2.45, 2.75) is 50.5 Å². The van der Waals surface area contributed by atoms with E-state index in [0.29, 0.717) is 24.7 Å². The molecular weight excluding hydrogens is 358 g/mol. The summed E-state index contributed by atoms with van der Waals surface area (Å²) in [4.78, 5) is 19.4. The molecule has 2 saturated heterocycles. The van der Waals surface area contributed by atoms with Gasteiger partial charge in [-0.05, 0) is 49.8 Å². The maximum absolute atomic E-state index is 12.8. The van der Waals surface area contributed by atoms with Gasteiger partial charge in [0.1, 0.15) is 11.8 Å². The summed E-state index contributed by atoms with van der Waals surface area (Å²) < 4.78 is 16.1. The van der Waals surface area contributed by atoms with Crippen LogP contribution in [0.3, 0.4) is 0 Å². The quantitative estimate of drug-likeness (QED) is 0.759. The van der Waals surface area contributed by atoms with Crippen LogP contribution in [0.5, 0.6) is 5.75 Å². The van der Waals surface area contributed by atoms with Crippen molar-refractivity contribution in [3.05, 3.63) is 41.5 Å². The number of carbonyl (C=O) groups excluding carboxylic acids is 1. The number of benzene rings is 1. The predicted octanol–water partition coefficient (Wildman–Crippen LogP) is 3.27. The number of methoxy groups -OCH3 is 1. The molecule has 0 bridgehead atoms. The molecule has 1 atom stereocenters. The van der Waals surface area contributed by atoms with Crippen LogP contribution in [0.15, 0.2) is 28.8 Å². The van der Waals surface area contributed by atoms with Crippen LogP contribution < -0.4 is 4.74 Å². The lowest BCUT2D eigenvalue weighted by Crippen LogP contribution is -2.31. The van der Waals surface area contributed by atoms with E-state index in [9.17, 15) is 4.79 Å². The zero-order valence-corrected chi connectivity index (χ0v) is 16.3. The summed E-state index contributed by atoms with van der Waals surface area (Å²) in [6.45, 7) is 2.24. The van der Waals surface area contributed by atoms with Crippen LogP contribution in [0, 0.1) is 0 Å². The van der Waals surface area contributed by atoms with Crippen LogP contribution in [0.2, 0.25) is 0 Å². The Morgan fingerprint density at radius 1 is 1.21 bits per heavy atom. The highest BCUT2D eigenvalue weighted by atomic mass is 16.5. The SMILES string of the molecule is COc1ccc(CCC(=O)N2CCCC2c2nc(C3CCOCC3)no2)cc1. The third-order valence-corrected chi connectivity index (χ3v) is 5.69. The number of amides is 1. The molecule has 28 heavy (non-hydrogen) atoms. The van der Waals surface area contributed by atoms with Crippen LogP contribution in [0.1, 0.15) is 61.3 Å². The van der Waals surface area contributed by atoms with Crippen LogP contribution in [-0.2, 0) is 16.0 Å². The van der Waals surface area contributed by atoms with Crippen molar-refractivity contribution in [1.82, 2.24) is 15.0 Å². The van der Waals surface area contributed by atoms with Gasteiger partial charge in [-0.15, -0.1) is 0 Å². The molecule has 2 aromatic rings. The number of ether oxygens (including phenoxy) is 2. The van der Waals surface area contributed by atoms with Crippen molar-refractivity contribution in [3.8, 4) is 5.75 Å². The fraction of sp³-hybridized carbons (Fsp3) is 0.571. The van der Waals surface area contributed by atoms with Gasteiger partial charge in [0.2, 0.25) is 11.8 Å². The van der Waals surface area contributed by atoms with E-state index in [2.05, 4.69) is 10.1 Å². The number of carbonyl (C=O) groups is 1. The first-order chi connectivity index (χ1) is 13.7. The second-order valence-electron chi connectivity index (χ2n) is 7.47. The Bertz CT molecular complexity index is 783. The number of nitrogens with zero attached hydrogens (tertiary/aromatic N) is 3. The third kappa shape index (κ3) is 4.19. The number of hydrogen-bond donors (Lipinski definition) is 0. The van der Waals surface area contributed by atoms with Crippen LogP contribution >= 0.6 is 0 Å². The van der Waals surface area contributed by atoms with Gasteiger partial charge in [0.05, 0.1) is 7.11 Å². The molecule has 150 valence electrons. The molecule has 0 saturated carbocycles. The lowest BCUT2D eigenvalue weighted by molar-refractivity contribution is -0.132. The van der Waals surface area contributed by atoms with Crippen molar-refractivity contribution in [3.63, 3.8) is 0 Å². The summed E-state index contributed by atoms with van der Waals surface area (Å²) in [5.74, 6) is 2.61. The third-order valence-electron chi connectivity index (χ3n) is 5.69. The summed E-state index contributed by atoms with van der Waals surface area (Å²) in [6, 6.07) is 7.77. The van der Waals surface area contributed by atoms with Crippen molar-refractivity contribution >= 4 is 5.91 Å². The Kier molecular flexibility index (Phi) is 5.90. The monoisotopic (exact) mass is 385 g/mol. The van der Waals surface area contributed by atoms with E-state index < -0.39 is 0 Å². The number of hydrogen-bond acceptors (Lipinski definition) is 6. The fourth-order valence-electron chi connectivity index (χ4n) is 4.01.